The van der Waals surface area contributed by atoms with Gasteiger partial charge in [0.25, 0.3) is 5.91 Å². The number of methoxy groups -OCH3 is 2. The summed E-state index contributed by atoms with van der Waals surface area (Å²) in [5.74, 6) is -0.212. The number of hydrogen-bond acceptors (Lipinski definition) is 5. The highest BCUT2D eigenvalue weighted by molar-refractivity contribution is 7.17. The fraction of sp³-hybridized carbons (Fsp3) is 0.368. The molecule has 3 rings (SSSR count). The van der Waals surface area contributed by atoms with Crippen molar-refractivity contribution < 1.29 is 24.2 Å². The molecule has 2 aromatic rings. The summed E-state index contributed by atoms with van der Waals surface area (Å²) in [4.78, 5) is 25.7. The smallest absolute Gasteiger partial charge is 0.339 e. The van der Waals surface area contributed by atoms with Gasteiger partial charge in [0, 0.05) is 4.88 Å². The van der Waals surface area contributed by atoms with Gasteiger partial charge >= 0.3 is 5.97 Å². The summed E-state index contributed by atoms with van der Waals surface area (Å²) in [6.45, 7) is 2.15. The Morgan fingerprint density at radius 3 is 2.42 bits per heavy atom. The minimum Gasteiger partial charge on any atom is -0.496 e. The molecule has 138 valence electrons. The molecular weight excluding hydrogens is 354 g/mol. The predicted octanol–water partition coefficient (Wildman–Crippen LogP) is 3.84. The third-order valence-corrected chi connectivity index (χ3v) is 5.78. The summed E-state index contributed by atoms with van der Waals surface area (Å²) < 4.78 is 10.5. The molecule has 1 aliphatic rings. The second-order valence-corrected chi connectivity index (χ2v) is 7.46. The number of rotatable bonds is 5. The topological polar surface area (TPSA) is 84.9 Å². The molecule has 0 saturated carbocycles. The van der Waals surface area contributed by atoms with E-state index >= 15 is 0 Å². The van der Waals surface area contributed by atoms with Gasteiger partial charge in [0.1, 0.15) is 22.1 Å². The molecule has 1 aromatic carbocycles. The molecule has 0 bridgehead atoms. The average Bonchev–Trinajstić information content (AvgIpc) is 2.97. The largest absolute Gasteiger partial charge is 0.496 e. The molecule has 1 heterocycles. The zero-order valence-corrected chi connectivity index (χ0v) is 15.7. The minimum absolute atomic E-state index is 0.208. The van der Waals surface area contributed by atoms with Crippen LogP contribution in [0.5, 0.6) is 11.5 Å². The maximum Gasteiger partial charge on any atom is 0.339 e. The quantitative estimate of drug-likeness (QED) is 0.829. The number of carbonyl (C=O) groups is 2. The fourth-order valence-electron chi connectivity index (χ4n) is 3.31. The summed E-state index contributed by atoms with van der Waals surface area (Å²) in [5.41, 5.74) is 1.30. The van der Waals surface area contributed by atoms with Gasteiger partial charge in [-0.3, -0.25) is 4.79 Å². The highest BCUT2D eigenvalue weighted by atomic mass is 32.1. The number of ether oxygens (including phenoxy) is 2. The SMILES string of the molecule is COc1cccc(OC)c1C(=O)Nc1sc2c(c1C(=O)O)CCC(C)C2. The zero-order chi connectivity index (χ0) is 18.8. The molecule has 2 N–H and O–H groups in total. The monoisotopic (exact) mass is 375 g/mol. The van der Waals surface area contributed by atoms with Gasteiger partial charge in [-0.2, -0.15) is 0 Å². The van der Waals surface area contributed by atoms with Crippen LogP contribution in [0, 0.1) is 5.92 Å². The van der Waals surface area contributed by atoms with E-state index in [-0.39, 0.29) is 11.1 Å². The highest BCUT2D eigenvalue weighted by Gasteiger charge is 2.29. The van der Waals surface area contributed by atoms with Crippen LogP contribution in [0.2, 0.25) is 0 Å². The van der Waals surface area contributed by atoms with Crippen LogP contribution in [0.1, 0.15) is 44.5 Å². The molecule has 1 unspecified atom stereocenters. The van der Waals surface area contributed by atoms with E-state index in [1.165, 1.54) is 25.6 Å². The maximum atomic E-state index is 12.9. The number of hydrogen-bond donors (Lipinski definition) is 2. The van der Waals surface area contributed by atoms with E-state index in [0.717, 1.165) is 29.7 Å². The lowest BCUT2D eigenvalue weighted by Crippen LogP contribution is -2.16. The van der Waals surface area contributed by atoms with Crippen molar-refractivity contribution in [3.05, 3.63) is 39.8 Å². The molecule has 26 heavy (non-hydrogen) atoms. The number of aromatic carboxylic acids is 1. The van der Waals surface area contributed by atoms with Crippen molar-refractivity contribution in [3.63, 3.8) is 0 Å². The van der Waals surface area contributed by atoms with E-state index in [4.69, 9.17) is 9.47 Å². The molecule has 0 radical (unpaired) electrons. The van der Waals surface area contributed by atoms with Crippen molar-refractivity contribution >= 4 is 28.2 Å². The molecule has 0 spiro atoms. The summed E-state index contributed by atoms with van der Waals surface area (Å²) in [6, 6.07) is 5.05. The number of thiophene rings is 1. The maximum absolute atomic E-state index is 12.9. The Kier molecular flexibility index (Phi) is 5.18. The van der Waals surface area contributed by atoms with E-state index in [0.29, 0.717) is 22.4 Å². The minimum atomic E-state index is -1.01. The Balaban J connectivity index is 2.00. The van der Waals surface area contributed by atoms with Crippen LogP contribution in [0.15, 0.2) is 18.2 Å². The Morgan fingerprint density at radius 1 is 1.19 bits per heavy atom. The summed E-state index contributed by atoms with van der Waals surface area (Å²) in [7, 11) is 2.94. The molecule has 7 heteroatoms. The Hall–Kier alpha value is -2.54. The van der Waals surface area contributed by atoms with Crippen LogP contribution in [0.25, 0.3) is 0 Å². The zero-order valence-electron chi connectivity index (χ0n) is 14.9. The van der Waals surface area contributed by atoms with E-state index in [2.05, 4.69) is 12.2 Å². The second-order valence-electron chi connectivity index (χ2n) is 6.35. The number of carboxylic acids is 1. The van der Waals surface area contributed by atoms with Crippen LogP contribution in [0.4, 0.5) is 5.00 Å². The van der Waals surface area contributed by atoms with Gasteiger partial charge in [0.15, 0.2) is 0 Å². The normalized spacial score (nSPS) is 15.9. The van der Waals surface area contributed by atoms with Gasteiger partial charge in [-0.25, -0.2) is 4.79 Å². The highest BCUT2D eigenvalue weighted by Crippen LogP contribution is 2.40. The lowest BCUT2D eigenvalue weighted by molar-refractivity contribution is 0.0697. The third-order valence-electron chi connectivity index (χ3n) is 4.61. The number of benzene rings is 1. The van der Waals surface area contributed by atoms with Crippen molar-refractivity contribution in [2.24, 2.45) is 5.92 Å². The van der Waals surface area contributed by atoms with Crippen molar-refractivity contribution in [2.45, 2.75) is 26.2 Å². The van der Waals surface area contributed by atoms with Crippen LogP contribution >= 0.6 is 11.3 Å². The number of nitrogens with one attached hydrogen (secondary N) is 1. The van der Waals surface area contributed by atoms with Gasteiger partial charge < -0.3 is 19.9 Å². The van der Waals surface area contributed by atoms with Gasteiger partial charge in [-0.15, -0.1) is 11.3 Å². The molecule has 1 atom stereocenters. The van der Waals surface area contributed by atoms with E-state index in [1.807, 2.05) is 0 Å². The van der Waals surface area contributed by atoms with Crippen LogP contribution in [-0.4, -0.2) is 31.2 Å². The number of amides is 1. The lowest BCUT2D eigenvalue weighted by atomic mass is 9.88. The fourth-order valence-corrected chi connectivity index (χ4v) is 4.70. The summed E-state index contributed by atoms with van der Waals surface area (Å²) >= 11 is 1.35. The molecule has 0 saturated heterocycles. The predicted molar refractivity (Wildman–Crippen MR) is 100.0 cm³/mol. The molecule has 1 amide bonds. The standard InChI is InChI=1S/C19H21NO5S/c1-10-7-8-11-14(9-10)26-18(15(11)19(22)23)20-17(21)16-12(24-2)5-4-6-13(16)25-3/h4-6,10H,7-9H2,1-3H3,(H,20,21)(H,22,23). The molecule has 0 aliphatic heterocycles. The van der Waals surface area contributed by atoms with Gasteiger partial charge in [-0.05, 0) is 42.9 Å². The summed E-state index contributed by atoms with van der Waals surface area (Å²) in [6.07, 6.45) is 2.52. The van der Waals surface area contributed by atoms with E-state index in [1.54, 1.807) is 18.2 Å². The Labute approximate surface area is 155 Å². The van der Waals surface area contributed by atoms with Gasteiger partial charge in [0.2, 0.25) is 0 Å². The van der Waals surface area contributed by atoms with Crippen LogP contribution < -0.4 is 14.8 Å². The number of fused-ring (bicyclic) bond motifs is 1. The lowest BCUT2D eigenvalue weighted by Gasteiger charge is -2.17. The average molecular weight is 375 g/mol. The first-order chi connectivity index (χ1) is 12.5. The van der Waals surface area contributed by atoms with Crippen molar-refractivity contribution in [2.75, 3.05) is 19.5 Å². The molecule has 6 nitrogen and oxygen atoms in total. The van der Waals surface area contributed by atoms with Crippen LogP contribution in [-0.2, 0) is 12.8 Å². The molecule has 1 aliphatic carbocycles. The molecule has 0 fully saturated rings. The first kappa shape index (κ1) is 18.3. The van der Waals surface area contributed by atoms with Crippen molar-refractivity contribution in [3.8, 4) is 11.5 Å². The van der Waals surface area contributed by atoms with Gasteiger partial charge in [-0.1, -0.05) is 13.0 Å². The molecular formula is C19H21NO5S. The first-order valence-electron chi connectivity index (χ1n) is 8.36. The van der Waals surface area contributed by atoms with Crippen LogP contribution in [0.3, 0.4) is 0 Å². The third kappa shape index (κ3) is 3.26. The van der Waals surface area contributed by atoms with Crippen molar-refractivity contribution in [1.29, 1.82) is 0 Å². The van der Waals surface area contributed by atoms with E-state index in [9.17, 15) is 14.7 Å². The van der Waals surface area contributed by atoms with Gasteiger partial charge in [0.05, 0.1) is 19.8 Å². The Bertz CT molecular complexity index is 836. The second kappa shape index (κ2) is 7.37. The number of carbonyl (C=O) groups excluding carboxylic acids is 1. The van der Waals surface area contributed by atoms with E-state index < -0.39 is 11.9 Å². The summed E-state index contributed by atoms with van der Waals surface area (Å²) in [5, 5.41) is 12.8. The van der Waals surface area contributed by atoms with Crippen molar-refractivity contribution in [1.82, 2.24) is 0 Å². The Morgan fingerprint density at radius 2 is 1.85 bits per heavy atom. The first-order valence-corrected chi connectivity index (χ1v) is 9.18. The number of anilines is 1. The number of carboxylic acid groups (broad SMARTS) is 1. The molecule has 1 aromatic heterocycles.